The van der Waals surface area contributed by atoms with Crippen LogP contribution in [0.4, 0.5) is 0 Å². The lowest BCUT2D eigenvalue weighted by Gasteiger charge is -2.42. The van der Waals surface area contributed by atoms with Crippen molar-refractivity contribution < 1.29 is 14.4 Å². The highest BCUT2D eigenvalue weighted by atomic mass is 16.2. The minimum Gasteiger partial charge on any atom is -0.337 e. The van der Waals surface area contributed by atoms with Gasteiger partial charge >= 0.3 is 0 Å². The van der Waals surface area contributed by atoms with Crippen molar-refractivity contribution in [2.45, 2.75) is 82.7 Å². The third kappa shape index (κ3) is 3.71. The number of nitrogens with zero attached hydrogens (tertiary/aromatic N) is 2. The SMILES string of the molecule is O=C1c2ccccc2C(=O)N1CCC(=O)N(C1CCCCC1)C1CCCCC1. The van der Waals surface area contributed by atoms with Crippen molar-refractivity contribution in [1.29, 1.82) is 0 Å². The van der Waals surface area contributed by atoms with Crippen LogP contribution in [-0.4, -0.2) is 46.1 Å². The largest absolute Gasteiger partial charge is 0.337 e. The lowest BCUT2D eigenvalue weighted by Crippen LogP contribution is -2.49. The first-order valence-corrected chi connectivity index (χ1v) is 10.9. The fraction of sp³-hybridized carbons (Fsp3) is 0.609. The Morgan fingerprint density at radius 1 is 0.821 bits per heavy atom. The van der Waals surface area contributed by atoms with Gasteiger partial charge < -0.3 is 4.90 Å². The molecule has 0 atom stereocenters. The van der Waals surface area contributed by atoms with E-state index in [0.29, 0.717) is 23.2 Å². The summed E-state index contributed by atoms with van der Waals surface area (Å²) in [6.45, 7) is 0.182. The first-order valence-electron chi connectivity index (χ1n) is 10.9. The standard InChI is InChI=1S/C23H30N2O3/c26-21(15-16-24-22(27)19-13-7-8-14-20(19)23(24)28)25(17-9-3-1-4-10-17)18-11-5-2-6-12-18/h7-8,13-14,17-18H,1-6,9-12,15-16H2. The Labute approximate surface area is 167 Å². The van der Waals surface area contributed by atoms with E-state index >= 15 is 0 Å². The maximum Gasteiger partial charge on any atom is 0.261 e. The molecule has 2 fully saturated rings. The molecule has 0 saturated heterocycles. The molecule has 28 heavy (non-hydrogen) atoms. The number of fused-ring (bicyclic) bond motifs is 1. The van der Waals surface area contributed by atoms with E-state index in [1.165, 1.54) is 43.4 Å². The molecule has 5 heteroatoms. The van der Waals surface area contributed by atoms with E-state index in [4.69, 9.17) is 0 Å². The van der Waals surface area contributed by atoms with Gasteiger partial charge in [-0.3, -0.25) is 19.3 Å². The molecule has 5 nitrogen and oxygen atoms in total. The zero-order valence-corrected chi connectivity index (χ0v) is 16.6. The van der Waals surface area contributed by atoms with Gasteiger partial charge in [-0.15, -0.1) is 0 Å². The Morgan fingerprint density at radius 3 is 1.75 bits per heavy atom. The average molecular weight is 383 g/mol. The normalized spacial score (nSPS) is 21.1. The van der Waals surface area contributed by atoms with Gasteiger partial charge in [0.05, 0.1) is 11.1 Å². The van der Waals surface area contributed by atoms with Crippen LogP contribution in [0.2, 0.25) is 0 Å². The van der Waals surface area contributed by atoms with Crippen LogP contribution in [0.15, 0.2) is 24.3 Å². The van der Waals surface area contributed by atoms with Crippen molar-refractivity contribution in [1.82, 2.24) is 9.80 Å². The Balaban J connectivity index is 1.44. The molecule has 1 aromatic carbocycles. The number of hydrogen-bond acceptors (Lipinski definition) is 3. The number of imide groups is 1. The van der Waals surface area contributed by atoms with Crippen molar-refractivity contribution in [3.8, 4) is 0 Å². The molecule has 0 N–H and O–H groups in total. The molecule has 3 aliphatic rings. The van der Waals surface area contributed by atoms with Crippen LogP contribution in [0.25, 0.3) is 0 Å². The summed E-state index contributed by atoms with van der Waals surface area (Å²) in [6.07, 6.45) is 11.9. The fourth-order valence-corrected chi connectivity index (χ4v) is 5.20. The van der Waals surface area contributed by atoms with Crippen molar-refractivity contribution in [2.24, 2.45) is 0 Å². The van der Waals surface area contributed by atoms with Crippen LogP contribution >= 0.6 is 0 Å². The molecule has 1 aromatic rings. The highest BCUT2D eigenvalue weighted by Crippen LogP contribution is 2.31. The van der Waals surface area contributed by atoms with Crippen molar-refractivity contribution in [2.75, 3.05) is 6.54 Å². The van der Waals surface area contributed by atoms with Crippen molar-refractivity contribution in [3.05, 3.63) is 35.4 Å². The van der Waals surface area contributed by atoms with Crippen LogP contribution in [0.5, 0.6) is 0 Å². The molecular formula is C23H30N2O3. The molecule has 0 bridgehead atoms. The highest BCUT2D eigenvalue weighted by molar-refractivity contribution is 6.21. The summed E-state index contributed by atoms with van der Waals surface area (Å²) >= 11 is 0. The molecule has 0 radical (unpaired) electrons. The lowest BCUT2D eigenvalue weighted by atomic mass is 9.88. The van der Waals surface area contributed by atoms with Gasteiger partial charge in [0.1, 0.15) is 0 Å². The van der Waals surface area contributed by atoms with Crippen LogP contribution in [-0.2, 0) is 4.79 Å². The summed E-state index contributed by atoms with van der Waals surface area (Å²) in [5.41, 5.74) is 0.910. The molecule has 4 rings (SSSR count). The van der Waals surface area contributed by atoms with Gasteiger partial charge in [0.15, 0.2) is 0 Å². The number of carbonyl (C=O) groups is 3. The predicted octanol–water partition coefficient (Wildman–Crippen LogP) is 4.17. The van der Waals surface area contributed by atoms with E-state index in [-0.39, 0.29) is 30.7 Å². The van der Waals surface area contributed by atoms with E-state index in [9.17, 15) is 14.4 Å². The van der Waals surface area contributed by atoms with Gasteiger partial charge in [0.25, 0.3) is 11.8 Å². The number of hydrogen-bond donors (Lipinski definition) is 0. The highest BCUT2D eigenvalue weighted by Gasteiger charge is 2.37. The number of benzene rings is 1. The van der Waals surface area contributed by atoms with E-state index in [2.05, 4.69) is 4.90 Å². The molecule has 0 unspecified atom stereocenters. The van der Waals surface area contributed by atoms with Gasteiger partial charge in [0.2, 0.25) is 5.91 Å². The van der Waals surface area contributed by atoms with E-state index in [1.54, 1.807) is 24.3 Å². The first kappa shape index (κ1) is 19.2. The van der Waals surface area contributed by atoms with Gasteiger partial charge in [-0.25, -0.2) is 0 Å². The third-order valence-electron chi connectivity index (χ3n) is 6.65. The first-order chi connectivity index (χ1) is 13.7. The molecule has 150 valence electrons. The summed E-state index contributed by atoms with van der Waals surface area (Å²) in [5, 5.41) is 0. The lowest BCUT2D eigenvalue weighted by molar-refractivity contribution is -0.138. The zero-order valence-electron chi connectivity index (χ0n) is 16.6. The number of amides is 3. The summed E-state index contributed by atoms with van der Waals surface area (Å²) in [6, 6.07) is 7.60. The van der Waals surface area contributed by atoms with E-state index < -0.39 is 0 Å². The smallest absolute Gasteiger partial charge is 0.261 e. The quantitative estimate of drug-likeness (QED) is 0.718. The molecule has 2 saturated carbocycles. The van der Waals surface area contributed by atoms with Crippen molar-refractivity contribution in [3.63, 3.8) is 0 Å². The average Bonchev–Trinajstić information content (AvgIpc) is 2.99. The second-order valence-electron chi connectivity index (χ2n) is 8.44. The molecule has 0 spiro atoms. The molecule has 2 aliphatic carbocycles. The minimum atomic E-state index is -0.268. The Hall–Kier alpha value is -2.17. The molecule has 3 amide bonds. The van der Waals surface area contributed by atoms with E-state index in [0.717, 1.165) is 25.7 Å². The minimum absolute atomic E-state index is 0.121. The predicted molar refractivity (Wildman–Crippen MR) is 107 cm³/mol. The van der Waals surface area contributed by atoms with Crippen molar-refractivity contribution >= 4 is 17.7 Å². The zero-order chi connectivity index (χ0) is 19.5. The molecule has 1 aliphatic heterocycles. The van der Waals surface area contributed by atoms with Crippen LogP contribution < -0.4 is 0 Å². The second-order valence-corrected chi connectivity index (χ2v) is 8.44. The Morgan fingerprint density at radius 2 is 1.29 bits per heavy atom. The summed E-state index contributed by atoms with van der Waals surface area (Å²) in [4.78, 5) is 41.8. The summed E-state index contributed by atoms with van der Waals surface area (Å²) in [7, 11) is 0. The Bertz CT molecular complexity index is 695. The fourth-order valence-electron chi connectivity index (χ4n) is 5.20. The Kier molecular flexibility index (Phi) is 5.79. The van der Waals surface area contributed by atoms with Crippen LogP contribution in [0.1, 0.15) is 91.3 Å². The topological polar surface area (TPSA) is 57.7 Å². The van der Waals surface area contributed by atoms with E-state index in [1.807, 2.05) is 0 Å². The van der Waals surface area contributed by atoms with Gasteiger partial charge in [-0.2, -0.15) is 0 Å². The molecular weight excluding hydrogens is 352 g/mol. The van der Waals surface area contributed by atoms with Gasteiger partial charge in [-0.05, 0) is 37.8 Å². The number of carbonyl (C=O) groups excluding carboxylic acids is 3. The molecule has 1 heterocycles. The summed E-state index contributed by atoms with van der Waals surface area (Å²) < 4.78 is 0. The number of rotatable bonds is 5. The van der Waals surface area contributed by atoms with Crippen LogP contribution in [0.3, 0.4) is 0 Å². The van der Waals surface area contributed by atoms with Crippen LogP contribution in [0, 0.1) is 0 Å². The maximum atomic E-state index is 13.3. The molecule has 0 aromatic heterocycles. The maximum absolute atomic E-state index is 13.3. The monoisotopic (exact) mass is 382 g/mol. The second kappa shape index (κ2) is 8.46. The third-order valence-corrected chi connectivity index (χ3v) is 6.65. The van der Waals surface area contributed by atoms with Gasteiger partial charge in [-0.1, -0.05) is 50.7 Å². The van der Waals surface area contributed by atoms with Gasteiger partial charge in [0, 0.05) is 25.0 Å². The summed E-state index contributed by atoms with van der Waals surface area (Å²) in [5.74, 6) is -0.416.